The maximum Gasteiger partial charge on any atom is 0.416 e. The van der Waals surface area contributed by atoms with Crippen molar-refractivity contribution in [2.24, 2.45) is 0 Å². The molecule has 0 aliphatic heterocycles. The maximum absolute atomic E-state index is 13.5. The summed E-state index contributed by atoms with van der Waals surface area (Å²) in [4.78, 5) is 15.5. The zero-order chi connectivity index (χ0) is 28.8. The third kappa shape index (κ3) is 7.34. The Morgan fingerprint density at radius 3 is 1.93 bits per heavy atom. The molecule has 1 aromatic heterocycles. The number of rotatable bonds is 10. The molecule has 10 heteroatoms. The summed E-state index contributed by atoms with van der Waals surface area (Å²) >= 11 is 0. The topological polar surface area (TPSA) is 76.6 Å². The molecule has 6 nitrogen and oxygen atoms in total. The number of sulfonamides is 1. The molecule has 4 aromatic rings. The van der Waals surface area contributed by atoms with Crippen molar-refractivity contribution in [3.05, 3.63) is 120 Å². The van der Waals surface area contributed by atoms with Crippen molar-refractivity contribution in [2.75, 3.05) is 6.61 Å². The molecule has 0 N–H and O–H groups in total. The van der Waals surface area contributed by atoms with E-state index in [-0.39, 0.29) is 30.4 Å². The van der Waals surface area contributed by atoms with E-state index in [9.17, 15) is 26.4 Å². The normalized spacial score (nSPS) is 11.9. The van der Waals surface area contributed by atoms with Crippen molar-refractivity contribution in [1.29, 1.82) is 0 Å². The minimum Gasteiger partial charge on any atom is -0.466 e. The van der Waals surface area contributed by atoms with Crippen LogP contribution in [0, 0.1) is 0 Å². The molecule has 0 bridgehead atoms. The second-order valence-electron chi connectivity index (χ2n) is 9.03. The van der Waals surface area contributed by atoms with Gasteiger partial charge in [-0.05, 0) is 65.1 Å². The monoisotopic (exact) mass is 568 g/mol. The SMILES string of the molecule is CCOC(=O)Cc1ccc(-c2ccc(CN(Cc3cccnc3)S(=O)(=O)c3ccc(C(F)(F)F)cc3)cc2)cc1. The first-order valence-electron chi connectivity index (χ1n) is 12.5. The average molecular weight is 569 g/mol. The summed E-state index contributed by atoms with van der Waals surface area (Å²) in [7, 11) is -4.14. The number of nitrogens with zero attached hydrogens (tertiary/aromatic N) is 2. The molecule has 3 aromatic carbocycles. The Morgan fingerprint density at radius 1 is 0.825 bits per heavy atom. The number of halogens is 3. The van der Waals surface area contributed by atoms with Crippen LogP contribution in [-0.2, 0) is 45.2 Å². The Bertz CT molecular complexity index is 1520. The van der Waals surface area contributed by atoms with Gasteiger partial charge in [0.25, 0.3) is 0 Å². The van der Waals surface area contributed by atoms with Gasteiger partial charge in [0.05, 0.1) is 23.5 Å². The number of pyridine rings is 1. The standard InChI is InChI=1S/C30H27F3N2O4S/c1-2-39-29(36)18-22-5-9-25(10-6-22)26-11-7-23(8-12-26)20-35(21-24-4-3-17-34-19-24)40(37,38)28-15-13-27(14-16-28)30(31,32)33/h3-17,19H,2,18,20-21H2,1H3. The summed E-state index contributed by atoms with van der Waals surface area (Å²) in [5.41, 5.74) is 3.06. The second kappa shape index (κ2) is 12.4. The van der Waals surface area contributed by atoms with Gasteiger partial charge in [0, 0.05) is 25.5 Å². The first-order valence-corrected chi connectivity index (χ1v) is 13.9. The van der Waals surface area contributed by atoms with Gasteiger partial charge < -0.3 is 4.74 Å². The summed E-state index contributed by atoms with van der Waals surface area (Å²) < 4.78 is 72.3. The summed E-state index contributed by atoms with van der Waals surface area (Å²) in [6.07, 6.45) is -1.27. The lowest BCUT2D eigenvalue weighted by atomic mass is 10.0. The smallest absolute Gasteiger partial charge is 0.416 e. The van der Waals surface area contributed by atoms with Crippen LogP contribution in [0.2, 0.25) is 0 Å². The van der Waals surface area contributed by atoms with Gasteiger partial charge in [0.15, 0.2) is 0 Å². The van der Waals surface area contributed by atoms with Crippen molar-refractivity contribution < 1.29 is 31.1 Å². The molecule has 0 atom stereocenters. The minimum absolute atomic E-state index is 0.00297. The van der Waals surface area contributed by atoms with E-state index in [1.165, 1.54) is 4.31 Å². The molecule has 0 saturated heterocycles. The number of hydrogen-bond donors (Lipinski definition) is 0. The largest absolute Gasteiger partial charge is 0.466 e. The molecule has 0 unspecified atom stereocenters. The lowest BCUT2D eigenvalue weighted by Crippen LogP contribution is -2.30. The first-order chi connectivity index (χ1) is 19.1. The molecule has 0 fully saturated rings. The second-order valence-corrected chi connectivity index (χ2v) is 11.0. The van der Waals surface area contributed by atoms with Crippen molar-refractivity contribution >= 4 is 16.0 Å². The quantitative estimate of drug-likeness (QED) is 0.211. The van der Waals surface area contributed by atoms with Gasteiger partial charge in [-0.2, -0.15) is 17.5 Å². The molecular weight excluding hydrogens is 541 g/mol. The zero-order valence-corrected chi connectivity index (χ0v) is 22.5. The number of esters is 1. The summed E-state index contributed by atoms with van der Waals surface area (Å²) in [6, 6.07) is 21.7. The lowest BCUT2D eigenvalue weighted by Gasteiger charge is -2.23. The van der Waals surface area contributed by atoms with Crippen LogP contribution < -0.4 is 0 Å². The third-order valence-corrected chi connectivity index (χ3v) is 7.96. The molecule has 0 spiro atoms. The number of alkyl halides is 3. The Labute approximate surface area is 231 Å². The fourth-order valence-corrected chi connectivity index (χ4v) is 5.50. The van der Waals surface area contributed by atoms with Crippen LogP contribution in [0.15, 0.2) is 102 Å². The van der Waals surface area contributed by atoms with Crippen LogP contribution in [0.4, 0.5) is 13.2 Å². The zero-order valence-electron chi connectivity index (χ0n) is 21.6. The molecule has 0 saturated carbocycles. The van der Waals surface area contributed by atoms with E-state index in [2.05, 4.69) is 4.98 Å². The van der Waals surface area contributed by atoms with Gasteiger partial charge in [-0.25, -0.2) is 8.42 Å². The first kappa shape index (κ1) is 29.0. The Balaban J connectivity index is 1.55. The maximum atomic E-state index is 13.5. The van der Waals surface area contributed by atoms with E-state index < -0.39 is 21.8 Å². The highest BCUT2D eigenvalue weighted by Crippen LogP contribution is 2.31. The van der Waals surface area contributed by atoms with Gasteiger partial charge in [-0.15, -0.1) is 0 Å². The highest BCUT2D eigenvalue weighted by Gasteiger charge is 2.32. The van der Waals surface area contributed by atoms with Crippen LogP contribution in [0.25, 0.3) is 11.1 Å². The predicted molar refractivity (Wildman–Crippen MR) is 144 cm³/mol. The molecule has 0 aliphatic rings. The number of aromatic nitrogens is 1. The fraction of sp³-hybridized carbons (Fsp3) is 0.200. The molecule has 0 aliphatic carbocycles. The van der Waals surface area contributed by atoms with E-state index >= 15 is 0 Å². The molecule has 208 valence electrons. The fourth-order valence-electron chi connectivity index (χ4n) is 4.09. The van der Waals surface area contributed by atoms with Crippen molar-refractivity contribution in [2.45, 2.75) is 37.5 Å². The molecule has 0 radical (unpaired) electrons. The Hall–Kier alpha value is -4.02. The van der Waals surface area contributed by atoms with E-state index in [1.54, 1.807) is 43.6 Å². The number of carbonyl (C=O) groups is 1. The van der Waals surface area contributed by atoms with E-state index in [0.29, 0.717) is 17.7 Å². The average Bonchev–Trinajstić information content (AvgIpc) is 2.94. The van der Waals surface area contributed by atoms with Crippen molar-refractivity contribution in [3.63, 3.8) is 0 Å². The van der Waals surface area contributed by atoms with Gasteiger partial charge in [0.1, 0.15) is 0 Å². The Morgan fingerprint density at radius 2 is 1.40 bits per heavy atom. The number of hydrogen-bond acceptors (Lipinski definition) is 5. The van der Waals surface area contributed by atoms with E-state index in [1.807, 2.05) is 36.4 Å². The minimum atomic E-state index is -4.57. The summed E-state index contributed by atoms with van der Waals surface area (Å²) in [6.45, 7) is 2.07. The van der Waals surface area contributed by atoms with Gasteiger partial charge in [0.2, 0.25) is 10.0 Å². The van der Waals surface area contributed by atoms with Gasteiger partial charge >= 0.3 is 12.1 Å². The molecular formula is C30H27F3N2O4S. The third-order valence-electron chi connectivity index (χ3n) is 6.16. The van der Waals surface area contributed by atoms with Crippen LogP contribution in [-0.4, -0.2) is 30.3 Å². The van der Waals surface area contributed by atoms with Gasteiger partial charge in [-0.3, -0.25) is 9.78 Å². The lowest BCUT2D eigenvalue weighted by molar-refractivity contribution is -0.142. The molecule has 0 amide bonds. The highest BCUT2D eigenvalue weighted by molar-refractivity contribution is 7.89. The van der Waals surface area contributed by atoms with Crippen LogP contribution >= 0.6 is 0 Å². The van der Waals surface area contributed by atoms with E-state index in [0.717, 1.165) is 41.0 Å². The Kier molecular flexibility index (Phi) is 9.01. The number of carbonyl (C=O) groups excluding carboxylic acids is 1. The van der Waals surface area contributed by atoms with Crippen LogP contribution in [0.5, 0.6) is 0 Å². The van der Waals surface area contributed by atoms with Gasteiger partial charge in [-0.1, -0.05) is 54.6 Å². The van der Waals surface area contributed by atoms with Crippen molar-refractivity contribution in [3.8, 4) is 11.1 Å². The molecule has 4 rings (SSSR count). The molecule has 40 heavy (non-hydrogen) atoms. The predicted octanol–water partition coefficient (Wildman–Crippen LogP) is 6.26. The summed E-state index contributed by atoms with van der Waals surface area (Å²) in [5, 5.41) is 0. The molecule has 1 heterocycles. The highest BCUT2D eigenvalue weighted by atomic mass is 32.2. The van der Waals surface area contributed by atoms with Crippen LogP contribution in [0.1, 0.15) is 29.2 Å². The van der Waals surface area contributed by atoms with Crippen LogP contribution in [0.3, 0.4) is 0 Å². The number of benzene rings is 3. The summed E-state index contributed by atoms with van der Waals surface area (Å²) in [5.74, 6) is -0.290. The van der Waals surface area contributed by atoms with E-state index in [4.69, 9.17) is 4.74 Å². The number of ether oxygens (including phenoxy) is 1. The van der Waals surface area contributed by atoms with Crippen molar-refractivity contribution in [1.82, 2.24) is 9.29 Å².